The minimum atomic E-state index is -0.326. The van der Waals surface area contributed by atoms with Gasteiger partial charge in [0.25, 0.3) is 5.69 Å². The van der Waals surface area contributed by atoms with Gasteiger partial charge in [-0.25, -0.2) is 4.99 Å². The molecule has 3 rings (SSSR count). The van der Waals surface area contributed by atoms with Crippen molar-refractivity contribution in [1.82, 2.24) is 4.90 Å². The van der Waals surface area contributed by atoms with Crippen molar-refractivity contribution in [1.29, 1.82) is 0 Å². The molecule has 0 aromatic heterocycles. The molecule has 27 heavy (non-hydrogen) atoms. The van der Waals surface area contributed by atoms with Crippen LogP contribution in [0.1, 0.15) is 34.1 Å². The summed E-state index contributed by atoms with van der Waals surface area (Å²) < 4.78 is 0. The van der Waals surface area contributed by atoms with Crippen molar-refractivity contribution in [2.45, 2.75) is 40.2 Å². The molecular formula is C21H27N3O2S. The van der Waals surface area contributed by atoms with Crippen LogP contribution in [0.15, 0.2) is 41.4 Å². The topological polar surface area (TPSA) is 58.7 Å². The molecule has 0 bridgehead atoms. The Hall–Kier alpha value is -2.08. The molecule has 0 radical (unpaired) electrons. The van der Waals surface area contributed by atoms with Crippen molar-refractivity contribution in [3.8, 4) is 0 Å². The largest absolute Gasteiger partial charge is 0.347 e. The van der Waals surface area contributed by atoms with E-state index in [4.69, 9.17) is 4.99 Å². The smallest absolute Gasteiger partial charge is 0.277 e. The van der Waals surface area contributed by atoms with E-state index in [0.717, 1.165) is 35.0 Å². The number of nitrogens with zero attached hydrogens (tertiary/aromatic N) is 3. The Labute approximate surface area is 165 Å². The molecule has 1 heterocycles. The van der Waals surface area contributed by atoms with Crippen LogP contribution in [0, 0.1) is 22.0 Å². The van der Waals surface area contributed by atoms with Gasteiger partial charge in [0.2, 0.25) is 0 Å². The van der Waals surface area contributed by atoms with Crippen LogP contribution in [0.4, 0.5) is 11.4 Å². The fraction of sp³-hybridized carbons (Fsp3) is 0.476. The van der Waals surface area contributed by atoms with Gasteiger partial charge in [0.05, 0.1) is 16.0 Å². The predicted molar refractivity (Wildman–Crippen MR) is 115 cm³/mol. The Kier molecular flexibility index (Phi) is 6.05. The highest BCUT2D eigenvalue weighted by molar-refractivity contribution is 8.14. The number of hydrogen-bond acceptors (Lipinski definition) is 4. The van der Waals surface area contributed by atoms with Gasteiger partial charge in [0.15, 0.2) is 5.17 Å². The maximum absolute atomic E-state index is 11.4. The molecule has 0 N–H and O–H groups in total. The summed E-state index contributed by atoms with van der Waals surface area (Å²) >= 11 is 1.80. The van der Waals surface area contributed by atoms with E-state index in [1.165, 1.54) is 0 Å². The first-order chi connectivity index (χ1) is 12.9. The molecule has 2 aromatic rings. The molecule has 1 aliphatic rings. The predicted octanol–water partition coefficient (Wildman–Crippen LogP) is 5.86. The van der Waals surface area contributed by atoms with Gasteiger partial charge in [0, 0.05) is 29.8 Å². The molecule has 0 aliphatic carbocycles. The van der Waals surface area contributed by atoms with Gasteiger partial charge in [-0.05, 0) is 24.0 Å². The molecule has 1 fully saturated rings. The van der Waals surface area contributed by atoms with E-state index in [-0.39, 0.29) is 10.6 Å². The van der Waals surface area contributed by atoms with Gasteiger partial charge in [-0.3, -0.25) is 10.1 Å². The number of hydrogen-bond donors (Lipinski definition) is 0. The van der Waals surface area contributed by atoms with E-state index in [2.05, 4.69) is 32.6 Å². The average molecular weight is 386 g/mol. The van der Waals surface area contributed by atoms with Gasteiger partial charge in [0.1, 0.15) is 0 Å². The number of nitro groups is 1. The number of aliphatic imine (C=N–C) groups is 1. The van der Waals surface area contributed by atoms with Crippen LogP contribution in [-0.4, -0.2) is 33.3 Å². The molecule has 6 heteroatoms. The van der Waals surface area contributed by atoms with Crippen molar-refractivity contribution in [3.63, 3.8) is 0 Å². The maximum atomic E-state index is 11.4. The normalized spacial score (nSPS) is 20.0. The second-order valence-corrected chi connectivity index (χ2v) is 8.60. The van der Waals surface area contributed by atoms with Crippen molar-refractivity contribution >= 4 is 39.1 Å². The van der Waals surface area contributed by atoms with Crippen LogP contribution in [0.2, 0.25) is 0 Å². The third-order valence-electron chi connectivity index (χ3n) is 5.18. The third-order valence-corrected chi connectivity index (χ3v) is 6.27. The Morgan fingerprint density at radius 2 is 1.93 bits per heavy atom. The molecule has 2 aromatic carbocycles. The average Bonchev–Trinajstić information content (AvgIpc) is 3.02. The molecule has 5 nitrogen and oxygen atoms in total. The Morgan fingerprint density at radius 3 is 2.56 bits per heavy atom. The Bertz CT molecular complexity index is 866. The van der Waals surface area contributed by atoms with Gasteiger partial charge < -0.3 is 4.90 Å². The second kappa shape index (κ2) is 8.30. The molecule has 2 atom stereocenters. The van der Waals surface area contributed by atoms with Crippen molar-refractivity contribution in [2.24, 2.45) is 16.8 Å². The van der Waals surface area contributed by atoms with Gasteiger partial charge in [-0.2, -0.15) is 0 Å². The fourth-order valence-corrected chi connectivity index (χ4v) is 4.92. The summed E-state index contributed by atoms with van der Waals surface area (Å²) in [6, 6.07) is 11.3. The first-order valence-electron chi connectivity index (χ1n) is 9.56. The number of amidine groups is 1. The standard InChI is InChI=1S/C21H27N3O2S/c1-5-15(4)20-13-27-21(23(20)12-14(2)3)22-18-10-11-19(24(25)26)17-9-7-6-8-16(17)18/h6-11,14-15,20H,5,12-13H2,1-4H3/t15?,20-/m1/s1. The second-order valence-electron chi connectivity index (χ2n) is 7.61. The van der Waals surface area contributed by atoms with Gasteiger partial charge in [-0.15, -0.1) is 0 Å². The first-order valence-corrected chi connectivity index (χ1v) is 10.5. The number of fused-ring (bicyclic) bond motifs is 1. The van der Waals surface area contributed by atoms with Crippen molar-refractivity contribution < 1.29 is 4.92 Å². The van der Waals surface area contributed by atoms with Gasteiger partial charge >= 0.3 is 0 Å². The SMILES string of the molecule is CCC(C)[C@H]1CSC(=Nc2ccc([N+](=O)[O-])c3ccccc23)N1CC(C)C. The van der Waals surface area contributed by atoms with E-state index in [1.807, 2.05) is 18.2 Å². The number of rotatable bonds is 6. The highest BCUT2D eigenvalue weighted by Crippen LogP contribution is 2.37. The first kappa shape index (κ1) is 19.7. The molecule has 144 valence electrons. The molecule has 0 spiro atoms. The maximum Gasteiger partial charge on any atom is 0.277 e. The quantitative estimate of drug-likeness (QED) is 0.462. The third kappa shape index (κ3) is 4.10. The number of benzene rings is 2. The zero-order valence-electron chi connectivity index (χ0n) is 16.4. The number of nitro benzene ring substituents is 1. The van der Waals surface area contributed by atoms with Crippen LogP contribution in [0.5, 0.6) is 0 Å². The molecule has 0 amide bonds. The van der Waals surface area contributed by atoms with Crippen LogP contribution in [0.3, 0.4) is 0 Å². The van der Waals surface area contributed by atoms with E-state index in [1.54, 1.807) is 30.0 Å². The minimum Gasteiger partial charge on any atom is -0.347 e. The molecule has 1 saturated heterocycles. The lowest BCUT2D eigenvalue weighted by atomic mass is 9.99. The zero-order chi connectivity index (χ0) is 19.6. The van der Waals surface area contributed by atoms with Gasteiger partial charge in [-0.1, -0.05) is 64.1 Å². The molecular weight excluding hydrogens is 358 g/mol. The van der Waals surface area contributed by atoms with Crippen molar-refractivity contribution in [2.75, 3.05) is 12.3 Å². The summed E-state index contributed by atoms with van der Waals surface area (Å²) in [7, 11) is 0. The molecule has 0 saturated carbocycles. The lowest BCUT2D eigenvalue weighted by Gasteiger charge is -2.31. The van der Waals surface area contributed by atoms with E-state index >= 15 is 0 Å². The number of non-ortho nitro benzene ring substituents is 1. The summed E-state index contributed by atoms with van der Waals surface area (Å²) in [6.45, 7) is 9.99. The van der Waals surface area contributed by atoms with E-state index < -0.39 is 0 Å². The summed E-state index contributed by atoms with van der Waals surface area (Å²) in [5.41, 5.74) is 0.933. The number of thioether (sulfide) groups is 1. The fourth-order valence-electron chi connectivity index (χ4n) is 3.55. The summed E-state index contributed by atoms with van der Waals surface area (Å²) in [6.07, 6.45) is 1.15. The summed E-state index contributed by atoms with van der Waals surface area (Å²) in [5.74, 6) is 2.21. The van der Waals surface area contributed by atoms with E-state index in [0.29, 0.717) is 23.3 Å². The van der Waals surface area contributed by atoms with Crippen LogP contribution >= 0.6 is 11.8 Å². The Morgan fingerprint density at radius 1 is 1.22 bits per heavy atom. The van der Waals surface area contributed by atoms with Crippen LogP contribution < -0.4 is 0 Å². The minimum absolute atomic E-state index is 0.130. The highest BCUT2D eigenvalue weighted by atomic mass is 32.2. The zero-order valence-corrected chi connectivity index (χ0v) is 17.2. The molecule has 1 aliphatic heterocycles. The highest BCUT2D eigenvalue weighted by Gasteiger charge is 2.33. The Balaban J connectivity index is 2.05. The lowest BCUT2D eigenvalue weighted by molar-refractivity contribution is -0.383. The van der Waals surface area contributed by atoms with Crippen LogP contribution in [-0.2, 0) is 0 Å². The van der Waals surface area contributed by atoms with Crippen molar-refractivity contribution in [3.05, 3.63) is 46.5 Å². The molecule has 1 unspecified atom stereocenters. The van der Waals surface area contributed by atoms with Crippen LogP contribution in [0.25, 0.3) is 10.8 Å². The monoisotopic (exact) mass is 385 g/mol. The van der Waals surface area contributed by atoms with E-state index in [9.17, 15) is 10.1 Å². The lowest BCUT2D eigenvalue weighted by Crippen LogP contribution is -2.40. The summed E-state index contributed by atoms with van der Waals surface area (Å²) in [5, 5.41) is 13.9. The summed E-state index contributed by atoms with van der Waals surface area (Å²) in [4.78, 5) is 18.4.